The summed E-state index contributed by atoms with van der Waals surface area (Å²) in [6.07, 6.45) is 13.4. The lowest BCUT2D eigenvalue weighted by Crippen LogP contribution is -2.31. The Labute approximate surface area is 291 Å². The number of likely N-dealkylation sites (tertiary alicyclic amines) is 1. The number of anilines is 2. The van der Waals surface area contributed by atoms with Gasteiger partial charge in [-0.1, -0.05) is 24.3 Å². The second-order valence-electron chi connectivity index (χ2n) is 12.9. The molecule has 1 fully saturated rings. The van der Waals surface area contributed by atoms with Crippen LogP contribution in [-0.2, 0) is 13.0 Å². The summed E-state index contributed by atoms with van der Waals surface area (Å²) in [5, 5.41) is 6.37. The summed E-state index contributed by atoms with van der Waals surface area (Å²) >= 11 is 0. The van der Waals surface area contributed by atoms with Crippen molar-refractivity contribution < 1.29 is 9.53 Å². The van der Waals surface area contributed by atoms with Crippen molar-refractivity contribution in [3.05, 3.63) is 108 Å². The number of carbonyl (C=O) groups is 1. The summed E-state index contributed by atoms with van der Waals surface area (Å²) in [7, 11) is 0. The second kappa shape index (κ2) is 14.6. The predicted octanol–water partition coefficient (Wildman–Crippen LogP) is 5.42. The van der Waals surface area contributed by atoms with Gasteiger partial charge in [-0.25, -0.2) is 15.0 Å². The number of aromatic nitrogens is 5. The molecule has 6 heterocycles. The van der Waals surface area contributed by atoms with Crippen LogP contribution >= 0.6 is 0 Å². The summed E-state index contributed by atoms with van der Waals surface area (Å²) in [6.45, 7) is 6.83. The summed E-state index contributed by atoms with van der Waals surface area (Å²) in [6, 6.07) is 20.7. The number of hydrogen-bond acceptors (Lipinski definition) is 9. The molecule has 1 saturated heterocycles. The van der Waals surface area contributed by atoms with E-state index in [-0.39, 0.29) is 5.91 Å². The smallest absolute Gasteiger partial charge is 0.252 e. The number of benzene rings is 2. The van der Waals surface area contributed by atoms with Crippen LogP contribution in [0.2, 0.25) is 0 Å². The largest absolute Gasteiger partial charge is 0.494 e. The molecular weight excluding hydrogens is 626 g/mol. The number of nitrogens with zero attached hydrogens (tertiary/aromatic N) is 7. The Hall–Kier alpha value is -5.39. The molecule has 0 aliphatic carbocycles. The molecule has 4 aromatic heterocycles. The van der Waals surface area contributed by atoms with Crippen LogP contribution in [0.15, 0.2) is 91.8 Å². The zero-order chi connectivity index (χ0) is 33.7. The molecule has 11 heteroatoms. The van der Waals surface area contributed by atoms with Gasteiger partial charge in [-0.2, -0.15) is 0 Å². The van der Waals surface area contributed by atoms with Gasteiger partial charge >= 0.3 is 0 Å². The highest BCUT2D eigenvalue weighted by Gasteiger charge is 2.26. The maximum atomic E-state index is 12.6. The van der Waals surface area contributed by atoms with Crippen LogP contribution in [0.25, 0.3) is 27.8 Å². The molecule has 2 N–H and O–H groups in total. The molecule has 0 atom stereocenters. The van der Waals surface area contributed by atoms with Crippen LogP contribution in [0, 0.1) is 0 Å². The number of ether oxygens (including phenoxy) is 1. The molecule has 11 nitrogen and oxygen atoms in total. The van der Waals surface area contributed by atoms with E-state index >= 15 is 0 Å². The topological polar surface area (TPSA) is 113 Å². The SMILES string of the molecule is O=C(NCCNCc1cnc2c(N3CCc4c(-c5cccc(OCCCN6CCCC6)c5)cccc43)ncnc2c1)c1ccc2nccn2c1. The van der Waals surface area contributed by atoms with Gasteiger partial charge in [0.2, 0.25) is 0 Å². The Morgan fingerprint density at radius 2 is 1.84 bits per heavy atom. The van der Waals surface area contributed by atoms with Crippen molar-refractivity contribution in [1.29, 1.82) is 0 Å². The number of rotatable bonds is 13. The second-order valence-corrected chi connectivity index (χ2v) is 12.9. The highest BCUT2D eigenvalue weighted by atomic mass is 16.5. The number of hydrogen-bond donors (Lipinski definition) is 2. The Kier molecular flexibility index (Phi) is 9.31. The number of amides is 1. The molecule has 8 rings (SSSR count). The summed E-state index contributed by atoms with van der Waals surface area (Å²) in [5.74, 6) is 1.62. The van der Waals surface area contributed by atoms with Gasteiger partial charge in [0, 0.05) is 63.2 Å². The lowest BCUT2D eigenvalue weighted by molar-refractivity contribution is 0.0953. The van der Waals surface area contributed by atoms with Crippen LogP contribution in [0.5, 0.6) is 5.75 Å². The maximum absolute atomic E-state index is 12.6. The average molecular weight is 668 g/mol. The zero-order valence-electron chi connectivity index (χ0n) is 28.1. The van der Waals surface area contributed by atoms with Crippen molar-refractivity contribution in [3.63, 3.8) is 0 Å². The van der Waals surface area contributed by atoms with Crippen LogP contribution in [0.3, 0.4) is 0 Å². The van der Waals surface area contributed by atoms with Crippen LogP contribution in [-0.4, -0.2) is 81.0 Å². The molecule has 2 aromatic carbocycles. The molecule has 2 aliphatic rings. The standard InChI is InChI=1S/C39H41N9O2/c49-39(30-10-11-36-41-15-20-47(36)26-30)42-14-13-40-24-28-22-34-37(43-25-28)38(45-27-44-34)48-19-12-33-32(8-4-9-35(33)48)29-6-3-7-31(23-29)50-21-5-18-46-16-1-2-17-46/h3-4,6-11,15,20,22-23,25-27,40H,1-2,5,12-14,16-19,21,24H2,(H,42,49). The van der Waals surface area contributed by atoms with Gasteiger partial charge in [0.25, 0.3) is 5.91 Å². The minimum atomic E-state index is -0.115. The van der Waals surface area contributed by atoms with Gasteiger partial charge in [-0.3, -0.25) is 9.78 Å². The van der Waals surface area contributed by atoms with Gasteiger partial charge in [-0.15, -0.1) is 0 Å². The van der Waals surface area contributed by atoms with Gasteiger partial charge in [0.15, 0.2) is 5.82 Å². The highest BCUT2D eigenvalue weighted by molar-refractivity contribution is 5.94. The molecule has 0 radical (unpaired) electrons. The molecule has 1 amide bonds. The fourth-order valence-electron chi connectivity index (χ4n) is 7.08. The monoisotopic (exact) mass is 667 g/mol. The molecule has 2 aliphatic heterocycles. The van der Waals surface area contributed by atoms with Crippen LogP contribution in [0.1, 0.15) is 40.7 Å². The lowest BCUT2D eigenvalue weighted by atomic mass is 9.98. The Bertz CT molecular complexity index is 2120. The predicted molar refractivity (Wildman–Crippen MR) is 195 cm³/mol. The number of nitrogens with one attached hydrogen (secondary N) is 2. The summed E-state index contributed by atoms with van der Waals surface area (Å²) in [4.78, 5) is 35.7. The first-order valence-electron chi connectivity index (χ1n) is 17.6. The number of fused-ring (bicyclic) bond motifs is 3. The molecule has 254 valence electrons. The van der Waals surface area contributed by atoms with E-state index in [2.05, 4.69) is 78.9 Å². The quantitative estimate of drug-likeness (QED) is 0.156. The van der Waals surface area contributed by atoms with Crippen LogP contribution < -0.4 is 20.3 Å². The van der Waals surface area contributed by atoms with Crippen molar-refractivity contribution >= 4 is 34.1 Å². The Morgan fingerprint density at radius 1 is 0.920 bits per heavy atom. The normalized spacial score (nSPS) is 14.4. The third-order valence-electron chi connectivity index (χ3n) is 9.59. The van der Waals surface area contributed by atoms with Crippen molar-refractivity contribution in [3.8, 4) is 16.9 Å². The fourth-order valence-corrected chi connectivity index (χ4v) is 7.08. The summed E-state index contributed by atoms with van der Waals surface area (Å²) < 4.78 is 8.02. The van der Waals surface area contributed by atoms with Gasteiger partial charge < -0.3 is 29.6 Å². The first kappa shape index (κ1) is 31.9. The molecule has 6 aromatic rings. The van der Waals surface area contributed by atoms with E-state index in [1.165, 1.54) is 42.6 Å². The third kappa shape index (κ3) is 6.87. The minimum absolute atomic E-state index is 0.115. The van der Waals surface area contributed by atoms with Crippen LogP contribution in [0.4, 0.5) is 11.5 Å². The van der Waals surface area contributed by atoms with Gasteiger partial charge in [-0.05, 0) is 97.4 Å². The van der Waals surface area contributed by atoms with E-state index in [4.69, 9.17) is 14.7 Å². The van der Waals surface area contributed by atoms with E-state index in [0.717, 1.165) is 72.0 Å². The van der Waals surface area contributed by atoms with Crippen molar-refractivity contribution in [1.82, 2.24) is 39.9 Å². The Balaban J connectivity index is 0.895. The molecule has 0 unspecified atom stereocenters. The summed E-state index contributed by atoms with van der Waals surface area (Å²) in [5.41, 5.74) is 8.85. The third-order valence-corrected chi connectivity index (χ3v) is 9.59. The van der Waals surface area contributed by atoms with E-state index in [0.29, 0.717) is 25.2 Å². The number of pyridine rings is 2. The van der Waals surface area contributed by atoms with E-state index in [9.17, 15) is 4.79 Å². The number of carbonyl (C=O) groups excluding carboxylic acids is 1. The van der Waals surface area contributed by atoms with Gasteiger partial charge in [0.05, 0.1) is 17.7 Å². The minimum Gasteiger partial charge on any atom is -0.494 e. The van der Waals surface area contributed by atoms with Crippen molar-refractivity contribution in [2.45, 2.75) is 32.2 Å². The number of imidazole rings is 1. The van der Waals surface area contributed by atoms with Crippen molar-refractivity contribution in [2.75, 3.05) is 50.8 Å². The molecule has 0 bridgehead atoms. The first-order valence-corrected chi connectivity index (χ1v) is 17.6. The lowest BCUT2D eigenvalue weighted by Gasteiger charge is -2.20. The van der Waals surface area contributed by atoms with E-state index in [1.807, 2.05) is 22.9 Å². The molecule has 0 spiro atoms. The average Bonchev–Trinajstić information content (AvgIpc) is 3.94. The van der Waals surface area contributed by atoms with Crippen molar-refractivity contribution in [2.24, 2.45) is 0 Å². The van der Waals surface area contributed by atoms with Gasteiger partial charge in [0.1, 0.15) is 23.2 Å². The molecule has 0 saturated carbocycles. The van der Waals surface area contributed by atoms with E-state index in [1.54, 1.807) is 24.8 Å². The maximum Gasteiger partial charge on any atom is 0.252 e. The van der Waals surface area contributed by atoms with E-state index < -0.39 is 0 Å². The zero-order valence-corrected chi connectivity index (χ0v) is 28.1. The Morgan fingerprint density at radius 3 is 2.78 bits per heavy atom. The fraction of sp³-hybridized carbons (Fsp3) is 0.308. The first-order chi connectivity index (χ1) is 24.7. The molecule has 50 heavy (non-hydrogen) atoms. The highest BCUT2D eigenvalue weighted by Crippen LogP contribution is 2.41. The molecular formula is C39H41N9O2.